The molecule has 0 aromatic heterocycles. The van der Waals surface area contributed by atoms with E-state index in [0.717, 1.165) is 14.8 Å². The van der Waals surface area contributed by atoms with Crippen LogP contribution in [0, 0.1) is 9.39 Å². The molecule has 2 N–H and O–H groups in total. The van der Waals surface area contributed by atoms with Crippen LogP contribution in [-0.2, 0) is 11.3 Å². The first kappa shape index (κ1) is 14.1. The Bertz CT molecular complexity index is 706. The Kier molecular flexibility index (Phi) is 3.96. The molecule has 0 radical (unpaired) electrons. The topological polar surface area (TPSA) is 50.4 Å². The van der Waals surface area contributed by atoms with Crippen molar-refractivity contribution in [1.82, 2.24) is 0 Å². The number of nitrogens with one attached hydrogen (secondary N) is 2. The third kappa shape index (κ3) is 3.26. The molecule has 108 valence electrons. The van der Waals surface area contributed by atoms with E-state index in [1.807, 2.05) is 18.2 Å². The van der Waals surface area contributed by atoms with E-state index in [0.29, 0.717) is 18.0 Å². The summed E-state index contributed by atoms with van der Waals surface area (Å²) in [7, 11) is 0. The molecule has 0 spiro atoms. The van der Waals surface area contributed by atoms with Crippen molar-refractivity contribution in [1.29, 1.82) is 0 Å². The highest BCUT2D eigenvalue weighted by molar-refractivity contribution is 14.1. The van der Waals surface area contributed by atoms with Crippen molar-refractivity contribution >= 4 is 39.9 Å². The first-order chi connectivity index (χ1) is 10.1. The third-order valence-corrected chi connectivity index (χ3v) is 3.98. The molecule has 0 fully saturated rings. The molecule has 0 aliphatic carbocycles. The van der Waals surface area contributed by atoms with E-state index in [4.69, 9.17) is 4.74 Å². The molecule has 4 nitrogen and oxygen atoms in total. The Morgan fingerprint density at radius 3 is 2.95 bits per heavy atom. The second-order valence-electron chi connectivity index (χ2n) is 4.65. The van der Waals surface area contributed by atoms with E-state index in [1.165, 1.54) is 12.1 Å². The number of fused-ring (bicyclic) bond motifs is 1. The zero-order chi connectivity index (χ0) is 14.8. The SMILES string of the molecule is O=C1COc2ccc(CNc3ccc(F)cc3I)cc2N1. The monoisotopic (exact) mass is 398 g/mol. The van der Waals surface area contributed by atoms with Crippen LogP contribution in [0.15, 0.2) is 36.4 Å². The number of rotatable bonds is 3. The van der Waals surface area contributed by atoms with Gasteiger partial charge in [-0.2, -0.15) is 0 Å². The first-order valence-electron chi connectivity index (χ1n) is 6.36. The van der Waals surface area contributed by atoms with Gasteiger partial charge in [-0.15, -0.1) is 0 Å². The van der Waals surface area contributed by atoms with Gasteiger partial charge in [0.2, 0.25) is 0 Å². The quantitative estimate of drug-likeness (QED) is 0.780. The molecule has 0 bridgehead atoms. The molecule has 1 aliphatic heterocycles. The first-order valence-corrected chi connectivity index (χ1v) is 7.44. The number of halogens is 2. The molecule has 21 heavy (non-hydrogen) atoms. The fourth-order valence-corrected chi connectivity index (χ4v) is 2.74. The number of carbonyl (C=O) groups is 1. The molecule has 1 heterocycles. The van der Waals surface area contributed by atoms with Crippen molar-refractivity contribution in [3.63, 3.8) is 0 Å². The molecule has 2 aromatic carbocycles. The van der Waals surface area contributed by atoms with Crippen LogP contribution >= 0.6 is 22.6 Å². The minimum absolute atomic E-state index is 0.0539. The number of amides is 1. The summed E-state index contributed by atoms with van der Waals surface area (Å²) in [6.45, 7) is 0.628. The predicted molar refractivity (Wildman–Crippen MR) is 87.0 cm³/mol. The number of ether oxygens (including phenoxy) is 1. The van der Waals surface area contributed by atoms with Crippen LogP contribution in [0.1, 0.15) is 5.56 Å². The number of benzene rings is 2. The zero-order valence-corrected chi connectivity index (χ0v) is 13.1. The predicted octanol–water partition coefficient (Wildman–Crippen LogP) is 3.37. The lowest BCUT2D eigenvalue weighted by molar-refractivity contribution is -0.118. The van der Waals surface area contributed by atoms with Crippen molar-refractivity contribution in [3.8, 4) is 5.75 Å². The zero-order valence-electron chi connectivity index (χ0n) is 11.0. The second-order valence-corrected chi connectivity index (χ2v) is 5.81. The molecular weight excluding hydrogens is 386 g/mol. The number of hydrogen-bond donors (Lipinski definition) is 2. The summed E-state index contributed by atoms with van der Waals surface area (Å²) >= 11 is 2.09. The maximum absolute atomic E-state index is 13.0. The normalized spacial score (nSPS) is 13.1. The Hall–Kier alpha value is -1.83. The van der Waals surface area contributed by atoms with Gasteiger partial charge in [-0.1, -0.05) is 6.07 Å². The van der Waals surface area contributed by atoms with Gasteiger partial charge in [0.1, 0.15) is 11.6 Å². The van der Waals surface area contributed by atoms with Crippen LogP contribution in [0.5, 0.6) is 5.75 Å². The average Bonchev–Trinajstić information content (AvgIpc) is 2.46. The van der Waals surface area contributed by atoms with E-state index in [2.05, 4.69) is 33.2 Å². The van der Waals surface area contributed by atoms with Gasteiger partial charge >= 0.3 is 0 Å². The molecular formula is C15H12FIN2O2. The van der Waals surface area contributed by atoms with Gasteiger partial charge in [-0.05, 0) is 58.5 Å². The number of anilines is 2. The molecule has 0 saturated heterocycles. The Labute approximate surface area is 134 Å². The fraction of sp³-hybridized carbons (Fsp3) is 0.133. The van der Waals surface area contributed by atoms with Gasteiger partial charge in [0.25, 0.3) is 5.91 Å². The largest absolute Gasteiger partial charge is 0.482 e. The van der Waals surface area contributed by atoms with Crippen molar-refractivity contribution < 1.29 is 13.9 Å². The molecule has 3 rings (SSSR count). The fourth-order valence-electron chi connectivity index (χ4n) is 2.07. The second kappa shape index (κ2) is 5.88. The highest BCUT2D eigenvalue weighted by Crippen LogP contribution is 2.29. The van der Waals surface area contributed by atoms with Crippen molar-refractivity contribution in [2.24, 2.45) is 0 Å². The summed E-state index contributed by atoms with van der Waals surface area (Å²) in [5.41, 5.74) is 2.55. The molecule has 0 unspecified atom stereocenters. The van der Waals surface area contributed by atoms with Gasteiger partial charge in [-0.25, -0.2) is 4.39 Å². The lowest BCUT2D eigenvalue weighted by Crippen LogP contribution is -2.25. The smallest absolute Gasteiger partial charge is 0.262 e. The minimum atomic E-state index is -0.251. The highest BCUT2D eigenvalue weighted by atomic mass is 127. The van der Waals surface area contributed by atoms with E-state index in [-0.39, 0.29) is 18.3 Å². The summed E-state index contributed by atoms with van der Waals surface area (Å²) in [4.78, 5) is 11.3. The summed E-state index contributed by atoms with van der Waals surface area (Å²) in [6.07, 6.45) is 0. The van der Waals surface area contributed by atoms with Crippen molar-refractivity contribution in [2.75, 3.05) is 17.2 Å². The van der Waals surface area contributed by atoms with Gasteiger partial charge in [0.05, 0.1) is 5.69 Å². The van der Waals surface area contributed by atoms with Crippen LogP contribution in [0.3, 0.4) is 0 Å². The van der Waals surface area contributed by atoms with Crippen LogP contribution < -0.4 is 15.4 Å². The molecule has 1 aliphatic rings. The third-order valence-electron chi connectivity index (χ3n) is 3.09. The average molecular weight is 398 g/mol. The van der Waals surface area contributed by atoms with Crippen LogP contribution in [0.2, 0.25) is 0 Å². The van der Waals surface area contributed by atoms with E-state index < -0.39 is 0 Å². The summed E-state index contributed by atoms with van der Waals surface area (Å²) in [5.74, 6) is 0.272. The number of hydrogen-bond acceptors (Lipinski definition) is 3. The standard InChI is InChI=1S/C15H12FIN2O2/c16-10-2-3-12(11(17)6-10)18-7-9-1-4-14-13(5-9)19-15(20)8-21-14/h1-6,18H,7-8H2,(H,19,20). The van der Waals surface area contributed by atoms with Gasteiger partial charge in [0.15, 0.2) is 6.61 Å². The van der Waals surface area contributed by atoms with E-state index >= 15 is 0 Å². The maximum Gasteiger partial charge on any atom is 0.262 e. The summed E-state index contributed by atoms with van der Waals surface area (Å²) in [6, 6.07) is 10.2. The van der Waals surface area contributed by atoms with Crippen molar-refractivity contribution in [2.45, 2.75) is 6.54 Å². The maximum atomic E-state index is 13.0. The van der Waals surface area contributed by atoms with Gasteiger partial charge < -0.3 is 15.4 Å². The van der Waals surface area contributed by atoms with Crippen LogP contribution in [-0.4, -0.2) is 12.5 Å². The number of carbonyl (C=O) groups excluding carboxylic acids is 1. The summed E-state index contributed by atoms with van der Waals surface area (Å²) < 4.78 is 19.2. The summed E-state index contributed by atoms with van der Waals surface area (Å²) in [5, 5.41) is 6.02. The van der Waals surface area contributed by atoms with Crippen LogP contribution in [0.4, 0.5) is 15.8 Å². The lowest BCUT2D eigenvalue weighted by atomic mass is 10.1. The Balaban J connectivity index is 1.73. The van der Waals surface area contributed by atoms with Gasteiger partial charge in [0, 0.05) is 15.8 Å². The molecule has 0 saturated carbocycles. The van der Waals surface area contributed by atoms with E-state index in [9.17, 15) is 9.18 Å². The van der Waals surface area contributed by atoms with Crippen LogP contribution in [0.25, 0.3) is 0 Å². The van der Waals surface area contributed by atoms with Crippen molar-refractivity contribution in [3.05, 3.63) is 51.3 Å². The Morgan fingerprint density at radius 2 is 2.14 bits per heavy atom. The molecule has 0 atom stereocenters. The Morgan fingerprint density at radius 1 is 1.29 bits per heavy atom. The molecule has 6 heteroatoms. The molecule has 2 aromatic rings. The lowest BCUT2D eigenvalue weighted by Gasteiger charge is -2.18. The van der Waals surface area contributed by atoms with E-state index in [1.54, 1.807) is 6.07 Å². The minimum Gasteiger partial charge on any atom is -0.482 e. The highest BCUT2D eigenvalue weighted by Gasteiger charge is 2.15. The van der Waals surface area contributed by atoms with Gasteiger partial charge in [-0.3, -0.25) is 4.79 Å². The molecule has 1 amide bonds.